The van der Waals surface area contributed by atoms with E-state index in [-0.39, 0.29) is 16.8 Å². The Balaban J connectivity index is 1.87. The molecule has 138 valence electrons. The highest BCUT2D eigenvalue weighted by atomic mass is 35.5. The Bertz CT molecular complexity index is 701. The van der Waals surface area contributed by atoms with Crippen molar-refractivity contribution in [2.75, 3.05) is 0 Å². The minimum absolute atomic E-state index is 0.105. The third-order valence-electron chi connectivity index (χ3n) is 5.65. The zero-order valence-corrected chi connectivity index (χ0v) is 16.0. The number of carbonyl (C=O) groups is 1. The summed E-state index contributed by atoms with van der Waals surface area (Å²) in [6.45, 7) is 0. The van der Waals surface area contributed by atoms with Crippen LogP contribution in [-0.4, -0.2) is 25.1 Å². The van der Waals surface area contributed by atoms with E-state index < -0.39 is 14.6 Å². The number of halogens is 1. The molecular weight excluding hydrogens is 358 g/mol. The number of sulfone groups is 1. The lowest BCUT2D eigenvalue weighted by molar-refractivity contribution is -0.124. The lowest BCUT2D eigenvalue weighted by atomic mass is 10.0. The zero-order chi connectivity index (χ0) is 17.9. The van der Waals surface area contributed by atoms with Gasteiger partial charge in [0, 0.05) is 11.1 Å². The van der Waals surface area contributed by atoms with Crippen LogP contribution in [0.25, 0.3) is 0 Å². The Morgan fingerprint density at radius 2 is 1.52 bits per heavy atom. The van der Waals surface area contributed by atoms with Crippen molar-refractivity contribution in [3.05, 3.63) is 29.3 Å². The second kappa shape index (κ2) is 7.67. The van der Waals surface area contributed by atoms with Gasteiger partial charge in [-0.1, -0.05) is 50.1 Å². The van der Waals surface area contributed by atoms with Crippen molar-refractivity contribution in [3.8, 4) is 0 Å². The molecule has 4 nitrogen and oxygen atoms in total. The molecule has 1 aromatic rings. The van der Waals surface area contributed by atoms with E-state index in [1.165, 1.54) is 25.0 Å². The molecule has 0 heterocycles. The molecule has 0 saturated heterocycles. The van der Waals surface area contributed by atoms with Gasteiger partial charge in [-0.3, -0.25) is 4.79 Å². The maximum atomic E-state index is 13.3. The molecule has 0 aliphatic heterocycles. The monoisotopic (exact) mass is 383 g/mol. The largest absolute Gasteiger partial charge is 0.352 e. The number of carbonyl (C=O) groups excluding carboxylic acids is 1. The Morgan fingerprint density at radius 3 is 2.08 bits per heavy atom. The summed E-state index contributed by atoms with van der Waals surface area (Å²) in [5.74, 6) is -0.299. The molecule has 1 N–H and O–H groups in total. The van der Waals surface area contributed by atoms with Gasteiger partial charge in [0.1, 0.15) is 0 Å². The predicted octanol–water partition coefficient (Wildman–Crippen LogP) is 4.27. The molecule has 2 saturated carbocycles. The van der Waals surface area contributed by atoms with Crippen LogP contribution in [0.4, 0.5) is 0 Å². The molecule has 2 aliphatic rings. The van der Waals surface area contributed by atoms with Crippen LogP contribution in [0.2, 0.25) is 5.02 Å². The fourth-order valence-electron chi connectivity index (χ4n) is 4.14. The summed E-state index contributed by atoms with van der Waals surface area (Å²) in [4.78, 5) is 13.3. The SMILES string of the molecule is O=C(NC1CCCCCC1)C1(S(=O)(=O)c2ccc(Cl)cc2)CCCC1. The van der Waals surface area contributed by atoms with E-state index in [4.69, 9.17) is 11.6 Å². The molecule has 0 bridgehead atoms. The number of hydrogen-bond acceptors (Lipinski definition) is 3. The van der Waals surface area contributed by atoms with Crippen LogP contribution in [0.15, 0.2) is 29.2 Å². The Labute approximate surface area is 155 Å². The maximum absolute atomic E-state index is 13.3. The molecule has 1 amide bonds. The van der Waals surface area contributed by atoms with E-state index >= 15 is 0 Å². The van der Waals surface area contributed by atoms with Crippen molar-refractivity contribution in [1.29, 1.82) is 0 Å². The minimum atomic E-state index is -3.75. The quantitative estimate of drug-likeness (QED) is 0.790. The second-order valence-electron chi connectivity index (χ2n) is 7.32. The first-order valence-corrected chi connectivity index (χ1v) is 11.1. The van der Waals surface area contributed by atoms with Crippen molar-refractivity contribution in [1.82, 2.24) is 5.32 Å². The zero-order valence-electron chi connectivity index (χ0n) is 14.5. The van der Waals surface area contributed by atoms with E-state index in [1.807, 2.05) is 0 Å². The van der Waals surface area contributed by atoms with E-state index in [0.29, 0.717) is 17.9 Å². The molecule has 6 heteroatoms. The molecule has 0 spiro atoms. The second-order valence-corrected chi connectivity index (χ2v) is 10.0. The van der Waals surface area contributed by atoms with Crippen molar-refractivity contribution < 1.29 is 13.2 Å². The average molecular weight is 384 g/mol. The average Bonchev–Trinajstić information content (AvgIpc) is 2.97. The fourth-order valence-corrected chi connectivity index (χ4v) is 6.34. The van der Waals surface area contributed by atoms with Gasteiger partial charge in [-0.15, -0.1) is 0 Å². The van der Waals surface area contributed by atoms with E-state index in [9.17, 15) is 13.2 Å². The van der Waals surface area contributed by atoms with Gasteiger partial charge < -0.3 is 5.32 Å². The molecule has 0 unspecified atom stereocenters. The summed E-state index contributed by atoms with van der Waals surface area (Å²) in [6.07, 6.45) is 8.82. The third kappa shape index (κ3) is 3.72. The van der Waals surface area contributed by atoms with Gasteiger partial charge in [0.15, 0.2) is 14.6 Å². The molecule has 3 rings (SSSR count). The third-order valence-corrected chi connectivity index (χ3v) is 8.42. The number of hydrogen-bond donors (Lipinski definition) is 1. The van der Waals surface area contributed by atoms with Gasteiger partial charge in [0.2, 0.25) is 5.91 Å². The molecule has 1 aromatic carbocycles. The van der Waals surface area contributed by atoms with Crippen molar-refractivity contribution >= 4 is 27.3 Å². The van der Waals surface area contributed by atoms with Crippen molar-refractivity contribution in [3.63, 3.8) is 0 Å². The first-order valence-electron chi connectivity index (χ1n) is 9.27. The number of nitrogens with one attached hydrogen (secondary N) is 1. The lowest BCUT2D eigenvalue weighted by Crippen LogP contribution is -2.53. The number of rotatable bonds is 4. The summed E-state index contributed by atoms with van der Waals surface area (Å²) in [5, 5.41) is 3.57. The topological polar surface area (TPSA) is 63.2 Å². The van der Waals surface area contributed by atoms with E-state index in [1.54, 1.807) is 12.1 Å². The molecule has 0 aromatic heterocycles. The highest BCUT2D eigenvalue weighted by molar-refractivity contribution is 7.93. The maximum Gasteiger partial charge on any atom is 0.242 e. The van der Waals surface area contributed by atoms with Gasteiger partial charge in [-0.05, 0) is 49.9 Å². The highest BCUT2D eigenvalue weighted by Crippen LogP contribution is 2.41. The van der Waals surface area contributed by atoms with Crippen LogP contribution >= 0.6 is 11.6 Å². The summed E-state index contributed by atoms with van der Waals surface area (Å²) in [5.41, 5.74) is 0. The van der Waals surface area contributed by atoms with Crippen LogP contribution in [0.1, 0.15) is 64.2 Å². The number of amides is 1. The van der Waals surface area contributed by atoms with E-state index in [2.05, 4.69) is 5.32 Å². The molecular formula is C19H26ClNO3S. The van der Waals surface area contributed by atoms with Gasteiger partial charge in [-0.2, -0.15) is 0 Å². The smallest absolute Gasteiger partial charge is 0.242 e. The molecule has 2 aliphatic carbocycles. The Hall–Kier alpha value is -1.07. The van der Waals surface area contributed by atoms with Crippen LogP contribution in [0.3, 0.4) is 0 Å². The standard InChI is InChI=1S/C19H26ClNO3S/c20-15-9-11-17(12-10-15)25(23,24)19(13-5-6-14-19)18(22)21-16-7-3-1-2-4-8-16/h9-12,16H,1-8,13-14H2,(H,21,22). The van der Waals surface area contributed by atoms with Gasteiger partial charge >= 0.3 is 0 Å². The minimum Gasteiger partial charge on any atom is -0.352 e. The predicted molar refractivity (Wildman–Crippen MR) is 99.5 cm³/mol. The lowest BCUT2D eigenvalue weighted by Gasteiger charge is -2.30. The highest BCUT2D eigenvalue weighted by Gasteiger charge is 2.53. The summed E-state index contributed by atoms with van der Waals surface area (Å²) in [7, 11) is -3.75. The van der Waals surface area contributed by atoms with Gasteiger partial charge in [0.25, 0.3) is 0 Å². The first kappa shape index (κ1) is 18.7. The first-order chi connectivity index (χ1) is 12.0. The summed E-state index contributed by atoms with van der Waals surface area (Å²) >= 11 is 5.89. The van der Waals surface area contributed by atoms with Crippen LogP contribution < -0.4 is 5.32 Å². The van der Waals surface area contributed by atoms with Crippen LogP contribution in [0.5, 0.6) is 0 Å². The molecule has 25 heavy (non-hydrogen) atoms. The Morgan fingerprint density at radius 1 is 0.960 bits per heavy atom. The molecule has 0 radical (unpaired) electrons. The van der Waals surface area contributed by atoms with Crippen LogP contribution in [0, 0.1) is 0 Å². The Kier molecular flexibility index (Phi) is 5.74. The number of benzene rings is 1. The van der Waals surface area contributed by atoms with E-state index in [0.717, 1.165) is 38.5 Å². The summed E-state index contributed by atoms with van der Waals surface area (Å²) in [6, 6.07) is 6.27. The van der Waals surface area contributed by atoms with Gasteiger partial charge in [-0.25, -0.2) is 8.42 Å². The normalized spacial score (nSPS) is 21.6. The fraction of sp³-hybridized carbons (Fsp3) is 0.632. The van der Waals surface area contributed by atoms with Crippen LogP contribution in [-0.2, 0) is 14.6 Å². The molecule has 0 atom stereocenters. The van der Waals surface area contributed by atoms with Gasteiger partial charge in [0.05, 0.1) is 4.90 Å². The summed E-state index contributed by atoms with van der Waals surface area (Å²) < 4.78 is 25.3. The van der Waals surface area contributed by atoms with Crippen molar-refractivity contribution in [2.45, 2.75) is 79.9 Å². The molecule has 2 fully saturated rings. The van der Waals surface area contributed by atoms with Crippen molar-refractivity contribution in [2.24, 2.45) is 0 Å².